The number of hydrogen-bond donors (Lipinski definition) is 0. The number of amides is 3. The van der Waals surface area contributed by atoms with Gasteiger partial charge in [-0.25, -0.2) is 0 Å². The van der Waals surface area contributed by atoms with Gasteiger partial charge in [-0.15, -0.1) is 11.8 Å². The molecule has 0 bridgehead atoms. The number of rotatable bonds is 5. The van der Waals surface area contributed by atoms with Gasteiger partial charge in [0.05, 0.1) is 5.88 Å². The molecule has 4 aliphatic rings. The molecule has 3 atom stereocenters. The van der Waals surface area contributed by atoms with E-state index in [-0.39, 0.29) is 36.0 Å². The molecule has 4 rings (SSSR count). The lowest BCUT2D eigenvalue weighted by Crippen LogP contribution is -2.58. The van der Waals surface area contributed by atoms with Gasteiger partial charge in [0.1, 0.15) is 12.2 Å². The molecule has 30 heavy (non-hydrogen) atoms. The number of fused-ring (bicyclic) bond motifs is 1. The van der Waals surface area contributed by atoms with Crippen LogP contribution < -0.4 is 0 Å². The normalized spacial score (nSPS) is 29.3. The van der Waals surface area contributed by atoms with Crippen LogP contribution in [-0.2, 0) is 14.4 Å². The van der Waals surface area contributed by atoms with Crippen LogP contribution in [0.4, 0.5) is 0 Å². The first-order chi connectivity index (χ1) is 14.5. The Morgan fingerprint density at radius 2 is 1.93 bits per heavy atom. The molecule has 0 N–H and O–H groups in total. The second kappa shape index (κ2) is 9.20. The minimum atomic E-state index is -0.287. The summed E-state index contributed by atoms with van der Waals surface area (Å²) in [6, 6.07) is -0.0203. The number of hydrogen-bond acceptors (Lipinski definition) is 5. The largest absolute Gasteiger partial charge is 0.357 e. The average Bonchev–Trinajstić information content (AvgIpc) is 3.43. The van der Waals surface area contributed by atoms with Crippen LogP contribution in [0.15, 0.2) is 11.8 Å². The lowest BCUT2D eigenvalue weighted by atomic mass is 9.96. The first kappa shape index (κ1) is 21.5. The summed E-state index contributed by atoms with van der Waals surface area (Å²) >= 11 is 1.68. The maximum Gasteiger partial charge on any atom is 0.252 e. The van der Waals surface area contributed by atoms with Gasteiger partial charge in [0.2, 0.25) is 11.8 Å². The minimum Gasteiger partial charge on any atom is -0.357 e. The summed E-state index contributed by atoms with van der Waals surface area (Å²) in [4.78, 5) is 46.3. The second-order valence-corrected chi connectivity index (χ2v) is 10.0. The van der Waals surface area contributed by atoms with Crippen molar-refractivity contribution in [2.24, 2.45) is 0 Å². The van der Waals surface area contributed by atoms with Crippen LogP contribution >= 0.6 is 11.8 Å². The Bertz CT molecular complexity index is 721. The maximum atomic E-state index is 12.9. The molecule has 0 aliphatic carbocycles. The third kappa shape index (κ3) is 4.20. The number of likely N-dealkylation sites (tertiary alicyclic amines) is 1. The second-order valence-electron chi connectivity index (χ2n) is 9.04. The van der Waals surface area contributed by atoms with Gasteiger partial charge >= 0.3 is 0 Å². The maximum absolute atomic E-state index is 12.9. The smallest absolute Gasteiger partial charge is 0.252 e. The van der Waals surface area contributed by atoms with E-state index in [2.05, 4.69) is 11.8 Å². The highest BCUT2D eigenvalue weighted by atomic mass is 32.2. The first-order valence-corrected chi connectivity index (χ1v) is 12.6. The Kier molecular flexibility index (Phi) is 6.60. The molecule has 0 spiro atoms. The fourth-order valence-corrected chi connectivity index (χ4v) is 6.41. The van der Waals surface area contributed by atoms with Crippen molar-refractivity contribution in [3.05, 3.63) is 11.8 Å². The SMILES string of the molecule is CC1=CN(CCCC(=O)N2CSC[C@H]2C(=O)N2CCCC2)C2CCCC(C)N2C1=O. The summed E-state index contributed by atoms with van der Waals surface area (Å²) in [6.45, 7) is 6.44. The van der Waals surface area contributed by atoms with Gasteiger partial charge in [-0.2, -0.15) is 0 Å². The first-order valence-electron chi connectivity index (χ1n) is 11.4. The molecule has 3 fully saturated rings. The van der Waals surface area contributed by atoms with Crippen LogP contribution in [0, 0.1) is 0 Å². The quantitative estimate of drug-likeness (QED) is 0.664. The third-order valence-corrected chi connectivity index (χ3v) is 7.92. The predicted molar refractivity (Wildman–Crippen MR) is 117 cm³/mol. The Labute approximate surface area is 183 Å². The molecule has 166 valence electrons. The highest BCUT2D eigenvalue weighted by molar-refractivity contribution is 7.99. The van der Waals surface area contributed by atoms with Gasteiger partial charge < -0.3 is 19.6 Å². The van der Waals surface area contributed by atoms with Crippen LogP contribution in [0.3, 0.4) is 0 Å². The molecule has 3 amide bonds. The topological polar surface area (TPSA) is 64.2 Å². The van der Waals surface area contributed by atoms with Crippen molar-refractivity contribution in [2.75, 3.05) is 31.3 Å². The number of carbonyl (C=O) groups is 3. The van der Waals surface area contributed by atoms with Gasteiger partial charge in [0.25, 0.3) is 5.91 Å². The highest BCUT2D eigenvalue weighted by Crippen LogP contribution is 2.31. The van der Waals surface area contributed by atoms with E-state index in [0.717, 1.165) is 63.7 Å². The van der Waals surface area contributed by atoms with Gasteiger partial charge in [-0.3, -0.25) is 14.4 Å². The van der Waals surface area contributed by atoms with Crippen molar-refractivity contribution in [3.63, 3.8) is 0 Å². The monoisotopic (exact) mass is 434 g/mol. The summed E-state index contributed by atoms with van der Waals surface area (Å²) < 4.78 is 0. The zero-order chi connectivity index (χ0) is 21.3. The zero-order valence-electron chi connectivity index (χ0n) is 18.2. The Balaban J connectivity index is 1.32. The molecule has 4 aliphatic heterocycles. The predicted octanol–water partition coefficient (Wildman–Crippen LogP) is 2.24. The molecule has 8 heteroatoms. The lowest BCUT2D eigenvalue weighted by molar-refractivity contribution is -0.143. The lowest BCUT2D eigenvalue weighted by Gasteiger charge is -2.48. The summed E-state index contributed by atoms with van der Waals surface area (Å²) in [5.74, 6) is 1.70. The number of piperidine rings is 1. The van der Waals surface area contributed by atoms with Crippen LogP contribution in [-0.4, -0.2) is 86.8 Å². The average molecular weight is 435 g/mol. The summed E-state index contributed by atoms with van der Waals surface area (Å²) in [6.07, 6.45) is 8.60. The van der Waals surface area contributed by atoms with E-state index in [1.165, 1.54) is 0 Å². The van der Waals surface area contributed by atoms with E-state index < -0.39 is 0 Å². The molecule has 0 saturated carbocycles. The van der Waals surface area contributed by atoms with Gasteiger partial charge in [0, 0.05) is 49.6 Å². The van der Waals surface area contributed by atoms with Crippen molar-refractivity contribution in [2.45, 2.75) is 77.0 Å². The standard InChI is InChI=1S/C22H34N4O3S/c1-16-13-24(19-8-5-7-17(2)26(19)21(16)28)12-6-9-20(27)25-15-30-14-18(25)22(29)23-10-3-4-11-23/h13,17-19H,3-12,14-15H2,1-2H3/t17?,18-,19?/m0/s1. The van der Waals surface area contributed by atoms with Crippen molar-refractivity contribution < 1.29 is 14.4 Å². The van der Waals surface area contributed by atoms with E-state index >= 15 is 0 Å². The van der Waals surface area contributed by atoms with Crippen molar-refractivity contribution in [3.8, 4) is 0 Å². The number of carbonyl (C=O) groups excluding carboxylic acids is 3. The fraction of sp³-hybridized carbons (Fsp3) is 0.773. The van der Waals surface area contributed by atoms with Gasteiger partial charge in [0.15, 0.2) is 0 Å². The van der Waals surface area contributed by atoms with Crippen LogP contribution in [0.1, 0.15) is 58.8 Å². The molecule has 4 heterocycles. The molecule has 0 aromatic carbocycles. The molecule has 2 unspecified atom stereocenters. The van der Waals surface area contributed by atoms with Crippen LogP contribution in [0.5, 0.6) is 0 Å². The van der Waals surface area contributed by atoms with Crippen LogP contribution in [0.2, 0.25) is 0 Å². The van der Waals surface area contributed by atoms with E-state index in [0.29, 0.717) is 18.1 Å². The van der Waals surface area contributed by atoms with Crippen molar-refractivity contribution >= 4 is 29.5 Å². The Hall–Kier alpha value is -1.70. The molecular weight excluding hydrogens is 400 g/mol. The van der Waals surface area contributed by atoms with E-state index in [4.69, 9.17) is 0 Å². The third-order valence-electron chi connectivity index (χ3n) is 6.91. The van der Waals surface area contributed by atoms with Gasteiger partial charge in [-0.1, -0.05) is 0 Å². The fourth-order valence-electron chi connectivity index (χ4n) is 5.23. The molecule has 0 aromatic heterocycles. The van der Waals surface area contributed by atoms with Gasteiger partial charge in [-0.05, 0) is 52.4 Å². The number of thioether (sulfide) groups is 1. The van der Waals surface area contributed by atoms with Crippen LogP contribution in [0.25, 0.3) is 0 Å². The van der Waals surface area contributed by atoms with E-state index in [1.54, 1.807) is 16.7 Å². The summed E-state index contributed by atoms with van der Waals surface area (Å²) in [5, 5.41) is 0. The van der Waals surface area contributed by atoms with E-state index in [1.807, 2.05) is 22.9 Å². The zero-order valence-corrected chi connectivity index (χ0v) is 19.0. The molecule has 3 saturated heterocycles. The Morgan fingerprint density at radius 1 is 1.17 bits per heavy atom. The molecule has 0 radical (unpaired) electrons. The Morgan fingerprint density at radius 3 is 2.70 bits per heavy atom. The highest BCUT2D eigenvalue weighted by Gasteiger charge is 2.39. The van der Waals surface area contributed by atoms with Crippen molar-refractivity contribution in [1.29, 1.82) is 0 Å². The summed E-state index contributed by atoms with van der Waals surface area (Å²) in [5.41, 5.74) is 0.776. The molecular formula is C22H34N4O3S. The van der Waals surface area contributed by atoms with E-state index in [9.17, 15) is 14.4 Å². The molecule has 0 aromatic rings. The molecule has 7 nitrogen and oxygen atoms in total. The minimum absolute atomic E-state index is 0.0835. The van der Waals surface area contributed by atoms with Crippen molar-refractivity contribution in [1.82, 2.24) is 19.6 Å². The number of nitrogens with zero attached hydrogens (tertiary/aromatic N) is 4. The summed E-state index contributed by atoms with van der Waals surface area (Å²) in [7, 11) is 0.